The van der Waals surface area contributed by atoms with Crippen molar-refractivity contribution in [3.8, 4) is 0 Å². The summed E-state index contributed by atoms with van der Waals surface area (Å²) in [5, 5.41) is 0. The second-order valence-corrected chi connectivity index (χ2v) is 2.95. The molecule has 1 aromatic rings. The fraction of sp³-hybridized carbons (Fsp3) is 0.273. The highest BCUT2D eigenvalue weighted by atomic mass is 16.2. The van der Waals surface area contributed by atoms with Crippen LogP contribution in [-0.2, 0) is 4.79 Å². The van der Waals surface area contributed by atoms with Gasteiger partial charge in [-0.3, -0.25) is 9.78 Å². The van der Waals surface area contributed by atoms with E-state index >= 15 is 0 Å². The molecule has 1 amide bonds. The maximum atomic E-state index is 11.2. The molecule has 0 fully saturated rings. The molecule has 3 nitrogen and oxygen atoms in total. The Morgan fingerprint density at radius 3 is 2.50 bits per heavy atom. The number of hydrogen-bond donors (Lipinski definition) is 0. The number of rotatable bonds is 3. The lowest BCUT2D eigenvalue weighted by Crippen LogP contribution is -2.26. The minimum atomic E-state index is 0.00862. The minimum absolute atomic E-state index is 0.00862. The first kappa shape index (κ1) is 10.4. The van der Waals surface area contributed by atoms with E-state index in [0.717, 1.165) is 11.3 Å². The topological polar surface area (TPSA) is 33.2 Å². The molecule has 0 aliphatic carbocycles. The number of nitrogens with zero attached hydrogens (tertiary/aromatic N) is 2. The fourth-order valence-corrected chi connectivity index (χ4v) is 1.30. The van der Waals surface area contributed by atoms with Crippen LogP contribution in [0, 0.1) is 0 Å². The predicted octanol–water partition coefficient (Wildman–Crippen LogP) is 1.92. The third-order valence-electron chi connectivity index (χ3n) is 2.04. The molecular formula is C11H14N2O. The van der Waals surface area contributed by atoms with Gasteiger partial charge in [0.05, 0.1) is 0 Å². The van der Waals surface area contributed by atoms with E-state index in [1.807, 2.05) is 19.1 Å². The minimum Gasteiger partial charge on any atom is -0.313 e. The van der Waals surface area contributed by atoms with Crippen molar-refractivity contribution in [1.29, 1.82) is 0 Å². The molecule has 0 aromatic carbocycles. The molecule has 1 rings (SSSR count). The third-order valence-corrected chi connectivity index (χ3v) is 2.04. The van der Waals surface area contributed by atoms with Gasteiger partial charge in [-0.2, -0.15) is 0 Å². The molecule has 0 saturated heterocycles. The Kier molecular flexibility index (Phi) is 3.40. The Hall–Kier alpha value is -1.64. The van der Waals surface area contributed by atoms with Gasteiger partial charge in [0.1, 0.15) is 0 Å². The van der Waals surface area contributed by atoms with Crippen molar-refractivity contribution in [2.24, 2.45) is 0 Å². The smallest absolute Gasteiger partial charge is 0.223 e. The van der Waals surface area contributed by atoms with Crippen LogP contribution in [0.3, 0.4) is 0 Å². The summed E-state index contributed by atoms with van der Waals surface area (Å²) in [5.74, 6) is 0.00862. The van der Waals surface area contributed by atoms with E-state index in [0.29, 0.717) is 6.54 Å². The summed E-state index contributed by atoms with van der Waals surface area (Å²) in [7, 11) is 0. The quantitative estimate of drug-likeness (QED) is 0.729. The number of carbonyl (C=O) groups excluding carboxylic acids is 1. The molecule has 0 spiro atoms. The van der Waals surface area contributed by atoms with Gasteiger partial charge in [0.2, 0.25) is 5.91 Å². The first-order valence-corrected chi connectivity index (χ1v) is 4.54. The van der Waals surface area contributed by atoms with Gasteiger partial charge >= 0.3 is 0 Å². The van der Waals surface area contributed by atoms with Crippen molar-refractivity contribution < 1.29 is 4.79 Å². The maximum absolute atomic E-state index is 11.2. The summed E-state index contributed by atoms with van der Waals surface area (Å²) >= 11 is 0. The molecule has 0 aliphatic rings. The molecule has 3 heteroatoms. The van der Waals surface area contributed by atoms with Crippen LogP contribution in [0.2, 0.25) is 0 Å². The van der Waals surface area contributed by atoms with Gasteiger partial charge in [0.25, 0.3) is 0 Å². The Bertz CT molecular complexity index is 332. The molecule has 0 aliphatic heterocycles. The van der Waals surface area contributed by atoms with Crippen molar-refractivity contribution in [3.05, 3.63) is 36.7 Å². The highest BCUT2D eigenvalue weighted by Crippen LogP contribution is 2.15. The highest BCUT2D eigenvalue weighted by molar-refractivity contribution is 5.84. The lowest BCUT2D eigenvalue weighted by atomic mass is 10.2. The Morgan fingerprint density at radius 2 is 2.07 bits per heavy atom. The molecular weight excluding hydrogens is 176 g/mol. The zero-order chi connectivity index (χ0) is 10.6. The number of aromatic nitrogens is 1. The van der Waals surface area contributed by atoms with E-state index in [2.05, 4.69) is 11.6 Å². The van der Waals surface area contributed by atoms with Crippen LogP contribution in [0.15, 0.2) is 31.1 Å². The molecule has 0 bridgehead atoms. The highest BCUT2D eigenvalue weighted by Gasteiger charge is 2.10. The zero-order valence-electron chi connectivity index (χ0n) is 8.53. The summed E-state index contributed by atoms with van der Waals surface area (Å²) in [6.45, 7) is 7.99. The monoisotopic (exact) mass is 190 g/mol. The number of carbonyl (C=O) groups is 1. The number of hydrogen-bond acceptors (Lipinski definition) is 2. The Morgan fingerprint density at radius 1 is 1.50 bits per heavy atom. The summed E-state index contributed by atoms with van der Waals surface area (Å²) in [6, 6.07) is 3.68. The van der Waals surface area contributed by atoms with Crippen LogP contribution in [0.1, 0.15) is 19.4 Å². The standard InChI is InChI=1S/C11H14N2O/c1-4-13(10(3)14)9(2)11-5-7-12-8-6-11/h5-8H,2,4H2,1,3H3. The first-order valence-electron chi connectivity index (χ1n) is 4.54. The van der Waals surface area contributed by atoms with E-state index in [1.54, 1.807) is 17.3 Å². The molecule has 1 aromatic heterocycles. The summed E-state index contributed by atoms with van der Waals surface area (Å²) in [4.78, 5) is 16.8. The van der Waals surface area contributed by atoms with Crippen LogP contribution in [0.5, 0.6) is 0 Å². The lowest BCUT2D eigenvalue weighted by Gasteiger charge is -2.21. The molecule has 1 heterocycles. The van der Waals surface area contributed by atoms with Gasteiger partial charge in [0, 0.05) is 37.1 Å². The summed E-state index contributed by atoms with van der Waals surface area (Å²) < 4.78 is 0. The molecule has 14 heavy (non-hydrogen) atoms. The van der Waals surface area contributed by atoms with Gasteiger partial charge in [-0.25, -0.2) is 0 Å². The number of pyridine rings is 1. The van der Waals surface area contributed by atoms with E-state index in [1.165, 1.54) is 6.92 Å². The van der Waals surface area contributed by atoms with Crippen LogP contribution in [-0.4, -0.2) is 22.3 Å². The van der Waals surface area contributed by atoms with Crippen molar-refractivity contribution in [2.75, 3.05) is 6.54 Å². The molecule has 0 radical (unpaired) electrons. The average Bonchev–Trinajstić information content (AvgIpc) is 2.19. The van der Waals surface area contributed by atoms with Crippen LogP contribution >= 0.6 is 0 Å². The number of amides is 1. The van der Waals surface area contributed by atoms with Gasteiger partial charge in [-0.05, 0) is 19.1 Å². The zero-order valence-corrected chi connectivity index (χ0v) is 8.53. The molecule has 0 saturated carbocycles. The SMILES string of the molecule is C=C(c1ccncc1)N(CC)C(C)=O. The molecule has 74 valence electrons. The third kappa shape index (κ3) is 2.19. The van der Waals surface area contributed by atoms with Crippen LogP contribution in [0.4, 0.5) is 0 Å². The van der Waals surface area contributed by atoms with Gasteiger partial charge in [-0.1, -0.05) is 6.58 Å². The van der Waals surface area contributed by atoms with E-state index in [4.69, 9.17) is 0 Å². The largest absolute Gasteiger partial charge is 0.313 e. The Balaban J connectivity index is 2.89. The normalized spacial score (nSPS) is 9.57. The van der Waals surface area contributed by atoms with Crippen LogP contribution < -0.4 is 0 Å². The Labute approximate surface area is 84.1 Å². The van der Waals surface area contributed by atoms with Gasteiger partial charge in [-0.15, -0.1) is 0 Å². The van der Waals surface area contributed by atoms with Gasteiger partial charge < -0.3 is 4.90 Å². The second-order valence-electron chi connectivity index (χ2n) is 2.95. The fourth-order valence-electron chi connectivity index (χ4n) is 1.30. The van der Waals surface area contributed by atoms with Crippen molar-refractivity contribution >= 4 is 11.6 Å². The molecule has 0 unspecified atom stereocenters. The second kappa shape index (κ2) is 4.56. The van der Waals surface area contributed by atoms with Crippen LogP contribution in [0.25, 0.3) is 5.70 Å². The van der Waals surface area contributed by atoms with Gasteiger partial charge in [0.15, 0.2) is 0 Å². The lowest BCUT2D eigenvalue weighted by molar-refractivity contribution is -0.125. The molecule has 0 atom stereocenters. The van der Waals surface area contributed by atoms with E-state index < -0.39 is 0 Å². The van der Waals surface area contributed by atoms with Crippen molar-refractivity contribution in [1.82, 2.24) is 9.88 Å². The maximum Gasteiger partial charge on any atom is 0.223 e. The molecule has 0 N–H and O–H groups in total. The van der Waals surface area contributed by atoms with E-state index in [9.17, 15) is 4.79 Å². The first-order chi connectivity index (χ1) is 6.66. The summed E-state index contributed by atoms with van der Waals surface area (Å²) in [5.41, 5.74) is 1.65. The van der Waals surface area contributed by atoms with Crippen molar-refractivity contribution in [2.45, 2.75) is 13.8 Å². The van der Waals surface area contributed by atoms with E-state index in [-0.39, 0.29) is 5.91 Å². The average molecular weight is 190 g/mol. The predicted molar refractivity (Wildman–Crippen MR) is 56.3 cm³/mol. The summed E-state index contributed by atoms with van der Waals surface area (Å²) in [6.07, 6.45) is 3.38. The van der Waals surface area contributed by atoms with Crippen molar-refractivity contribution in [3.63, 3.8) is 0 Å².